The van der Waals surface area contributed by atoms with Gasteiger partial charge in [-0.1, -0.05) is 22.6 Å². The van der Waals surface area contributed by atoms with Crippen LogP contribution in [-0.4, -0.2) is 17.0 Å². The molecule has 0 aliphatic carbocycles. The molecule has 2 heteroatoms. The van der Waals surface area contributed by atoms with Crippen molar-refractivity contribution in [1.29, 1.82) is 0 Å². The first-order valence-electron chi connectivity index (χ1n) is 3.20. The molecule has 0 heterocycles. The van der Waals surface area contributed by atoms with Crippen molar-refractivity contribution in [3.8, 4) is 0 Å². The number of quaternary nitrogens is 1. The first kappa shape index (κ1) is 8.69. The molecule has 0 aromatic rings. The van der Waals surface area contributed by atoms with Crippen LogP contribution in [0.15, 0.2) is 0 Å². The summed E-state index contributed by atoms with van der Waals surface area (Å²) in [6, 6.07) is 0.830. The Morgan fingerprint density at radius 3 is 2.62 bits per heavy atom. The van der Waals surface area contributed by atoms with E-state index in [2.05, 4.69) is 41.8 Å². The van der Waals surface area contributed by atoms with Gasteiger partial charge in [-0.25, -0.2) is 0 Å². The van der Waals surface area contributed by atoms with Crippen molar-refractivity contribution in [2.75, 3.05) is 11.0 Å². The van der Waals surface area contributed by atoms with Gasteiger partial charge < -0.3 is 5.32 Å². The van der Waals surface area contributed by atoms with Crippen LogP contribution in [0.3, 0.4) is 0 Å². The maximum atomic E-state index is 2.42. The van der Waals surface area contributed by atoms with E-state index in [9.17, 15) is 0 Å². The van der Waals surface area contributed by atoms with Crippen molar-refractivity contribution in [3.05, 3.63) is 0 Å². The lowest BCUT2D eigenvalue weighted by Crippen LogP contribution is -2.88. The van der Waals surface area contributed by atoms with Crippen molar-refractivity contribution in [3.63, 3.8) is 0 Å². The Bertz CT molecular complexity index is 41.8. The SMILES string of the molecule is CC[NH2+]C(C)CCI. The van der Waals surface area contributed by atoms with E-state index in [-0.39, 0.29) is 0 Å². The summed E-state index contributed by atoms with van der Waals surface area (Å²) in [5.74, 6) is 0. The second kappa shape index (κ2) is 5.82. The van der Waals surface area contributed by atoms with Gasteiger partial charge in [-0.05, 0) is 13.8 Å². The third-order valence-electron chi connectivity index (χ3n) is 1.20. The number of nitrogens with two attached hydrogens (primary N) is 1. The van der Waals surface area contributed by atoms with Gasteiger partial charge in [0.2, 0.25) is 0 Å². The van der Waals surface area contributed by atoms with E-state index in [4.69, 9.17) is 0 Å². The summed E-state index contributed by atoms with van der Waals surface area (Å²) >= 11 is 2.42. The molecule has 0 bridgehead atoms. The Balaban J connectivity index is 2.92. The van der Waals surface area contributed by atoms with Crippen molar-refractivity contribution < 1.29 is 5.32 Å². The van der Waals surface area contributed by atoms with Crippen LogP contribution >= 0.6 is 22.6 Å². The fraction of sp³-hybridized carbons (Fsp3) is 1.00. The predicted octanol–water partition coefficient (Wildman–Crippen LogP) is 0.783. The fourth-order valence-corrected chi connectivity index (χ4v) is 1.67. The summed E-state index contributed by atoms with van der Waals surface area (Å²) in [6.07, 6.45) is 1.34. The van der Waals surface area contributed by atoms with Crippen LogP contribution in [0.5, 0.6) is 0 Å². The third kappa shape index (κ3) is 4.84. The van der Waals surface area contributed by atoms with Gasteiger partial charge >= 0.3 is 0 Å². The summed E-state index contributed by atoms with van der Waals surface area (Å²) in [6.45, 7) is 5.70. The lowest BCUT2D eigenvalue weighted by molar-refractivity contribution is -0.683. The van der Waals surface area contributed by atoms with Gasteiger partial charge in [-0.15, -0.1) is 0 Å². The van der Waals surface area contributed by atoms with Crippen LogP contribution in [0.2, 0.25) is 0 Å². The quantitative estimate of drug-likeness (QED) is 0.541. The molecule has 0 radical (unpaired) electrons. The third-order valence-corrected chi connectivity index (χ3v) is 1.83. The Hall–Kier alpha value is 0.690. The monoisotopic (exact) mass is 228 g/mol. The minimum atomic E-state index is 0.830. The molecule has 2 N–H and O–H groups in total. The van der Waals surface area contributed by atoms with Gasteiger partial charge in [0.1, 0.15) is 0 Å². The van der Waals surface area contributed by atoms with E-state index in [1.165, 1.54) is 17.4 Å². The second-order valence-electron chi connectivity index (χ2n) is 2.10. The zero-order valence-electron chi connectivity index (χ0n) is 5.65. The molecule has 0 saturated carbocycles. The molecule has 0 saturated heterocycles. The summed E-state index contributed by atoms with van der Waals surface area (Å²) in [4.78, 5) is 0. The summed E-state index contributed by atoms with van der Waals surface area (Å²) in [5, 5.41) is 2.37. The smallest absolute Gasteiger partial charge is 0.0837 e. The van der Waals surface area contributed by atoms with E-state index in [0.717, 1.165) is 6.04 Å². The van der Waals surface area contributed by atoms with E-state index in [1.54, 1.807) is 0 Å². The Labute approximate surface area is 65.4 Å². The standard InChI is InChI=1S/C6H14IN/c1-3-8-6(2)4-5-7/h6,8H,3-5H2,1-2H3/p+1. The highest BCUT2D eigenvalue weighted by molar-refractivity contribution is 14.1. The highest BCUT2D eigenvalue weighted by Crippen LogP contribution is 1.89. The average molecular weight is 228 g/mol. The topological polar surface area (TPSA) is 16.6 Å². The Morgan fingerprint density at radius 2 is 2.25 bits per heavy atom. The van der Waals surface area contributed by atoms with E-state index >= 15 is 0 Å². The molecule has 0 aliphatic rings. The number of hydrogen-bond acceptors (Lipinski definition) is 0. The average Bonchev–Trinajstić information content (AvgIpc) is 1.68. The Kier molecular flexibility index (Phi) is 6.32. The highest BCUT2D eigenvalue weighted by Gasteiger charge is 1.98. The molecule has 1 atom stereocenters. The fourth-order valence-electron chi connectivity index (χ4n) is 0.692. The molecule has 0 amide bonds. The molecule has 50 valence electrons. The lowest BCUT2D eigenvalue weighted by atomic mass is 10.3. The largest absolute Gasteiger partial charge is 0.344 e. The number of halogens is 1. The van der Waals surface area contributed by atoms with Crippen LogP contribution < -0.4 is 5.32 Å². The number of hydrogen-bond donors (Lipinski definition) is 1. The zero-order valence-corrected chi connectivity index (χ0v) is 7.81. The maximum Gasteiger partial charge on any atom is 0.0837 e. The molecular formula is C6H15IN+. The van der Waals surface area contributed by atoms with Gasteiger partial charge in [0.05, 0.1) is 12.6 Å². The first-order valence-corrected chi connectivity index (χ1v) is 4.73. The van der Waals surface area contributed by atoms with Crippen LogP contribution in [0.25, 0.3) is 0 Å². The second-order valence-corrected chi connectivity index (χ2v) is 3.18. The minimum Gasteiger partial charge on any atom is -0.344 e. The van der Waals surface area contributed by atoms with Crippen molar-refractivity contribution in [1.82, 2.24) is 0 Å². The van der Waals surface area contributed by atoms with Gasteiger partial charge in [0, 0.05) is 10.8 Å². The van der Waals surface area contributed by atoms with Gasteiger partial charge in [0.25, 0.3) is 0 Å². The first-order chi connectivity index (χ1) is 3.81. The molecule has 1 unspecified atom stereocenters. The van der Waals surface area contributed by atoms with Gasteiger partial charge in [-0.2, -0.15) is 0 Å². The predicted molar refractivity (Wildman–Crippen MR) is 45.4 cm³/mol. The summed E-state index contributed by atoms with van der Waals surface area (Å²) in [5.41, 5.74) is 0. The Morgan fingerprint density at radius 1 is 1.62 bits per heavy atom. The van der Waals surface area contributed by atoms with Crippen LogP contribution in [0.4, 0.5) is 0 Å². The van der Waals surface area contributed by atoms with Gasteiger partial charge in [0.15, 0.2) is 0 Å². The highest BCUT2D eigenvalue weighted by atomic mass is 127. The minimum absolute atomic E-state index is 0.830. The molecule has 0 fully saturated rings. The molecular weight excluding hydrogens is 213 g/mol. The maximum absolute atomic E-state index is 2.42. The van der Waals surface area contributed by atoms with Crippen LogP contribution in [0.1, 0.15) is 20.3 Å². The molecule has 8 heavy (non-hydrogen) atoms. The van der Waals surface area contributed by atoms with Crippen LogP contribution in [-0.2, 0) is 0 Å². The number of rotatable bonds is 4. The normalized spacial score (nSPS) is 13.9. The zero-order chi connectivity index (χ0) is 6.41. The van der Waals surface area contributed by atoms with Crippen molar-refractivity contribution in [2.24, 2.45) is 0 Å². The molecule has 0 spiro atoms. The molecule has 0 aromatic carbocycles. The molecule has 0 aliphatic heterocycles. The molecule has 0 rings (SSSR count). The van der Waals surface area contributed by atoms with Gasteiger partial charge in [-0.3, -0.25) is 0 Å². The summed E-state index contributed by atoms with van der Waals surface area (Å²) in [7, 11) is 0. The lowest BCUT2D eigenvalue weighted by Gasteiger charge is -2.04. The van der Waals surface area contributed by atoms with E-state index in [1.807, 2.05) is 0 Å². The van der Waals surface area contributed by atoms with Crippen LogP contribution in [0, 0.1) is 0 Å². The summed E-state index contributed by atoms with van der Waals surface area (Å²) < 4.78 is 1.29. The molecule has 1 nitrogen and oxygen atoms in total. The van der Waals surface area contributed by atoms with Crippen molar-refractivity contribution >= 4 is 22.6 Å². The van der Waals surface area contributed by atoms with E-state index in [0.29, 0.717) is 0 Å². The molecule has 0 aromatic heterocycles. The van der Waals surface area contributed by atoms with E-state index < -0.39 is 0 Å². The number of alkyl halides is 1. The van der Waals surface area contributed by atoms with Crippen molar-refractivity contribution in [2.45, 2.75) is 26.3 Å².